The van der Waals surface area contributed by atoms with Crippen LogP contribution in [0.25, 0.3) is 0 Å². The summed E-state index contributed by atoms with van der Waals surface area (Å²) in [4.78, 5) is 7.68. The lowest BCUT2D eigenvalue weighted by Crippen LogP contribution is -2.26. The molecule has 0 atom stereocenters. The zero-order valence-corrected chi connectivity index (χ0v) is 8.81. The van der Waals surface area contributed by atoms with Crippen LogP contribution in [0.3, 0.4) is 0 Å². The van der Waals surface area contributed by atoms with Crippen LogP contribution >= 0.6 is 23.2 Å². The lowest BCUT2D eigenvalue weighted by Gasteiger charge is -2.14. The molecule has 76 valence electrons. The van der Waals surface area contributed by atoms with Gasteiger partial charge in [0.1, 0.15) is 11.0 Å². The maximum Gasteiger partial charge on any atom is 0.225 e. The van der Waals surface area contributed by atoms with Gasteiger partial charge in [0.05, 0.1) is 12.1 Å². The second-order valence-corrected chi connectivity index (χ2v) is 4.13. The average molecular weight is 234 g/mol. The summed E-state index contributed by atoms with van der Waals surface area (Å²) >= 11 is 11.3. The molecule has 0 amide bonds. The number of nitrogens with zero attached hydrogens (tertiary/aromatic N) is 2. The molecule has 1 saturated carbocycles. The highest BCUT2D eigenvalue weighted by atomic mass is 35.5. The lowest BCUT2D eigenvalue weighted by molar-refractivity contribution is 0.266. The molecule has 2 N–H and O–H groups in total. The zero-order valence-electron chi connectivity index (χ0n) is 7.30. The van der Waals surface area contributed by atoms with Gasteiger partial charge in [-0.3, -0.25) is 0 Å². The molecule has 1 aliphatic rings. The number of nitrogens with one attached hydrogen (secondary N) is 1. The molecular formula is C8H9Cl2N3O. The molecule has 1 aromatic rings. The maximum absolute atomic E-state index is 9.08. The van der Waals surface area contributed by atoms with Crippen LogP contribution in [0.15, 0.2) is 6.07 Å². The van der Waals surface area contributed by atoms with Crippen molar-refractivity contribution in [2.75, 3.05) is 11.9 Å². The van der Waals surface area contributed by atoms with Gasteiger partial charge in [-0.2, -0.15) is 0 Å². The highest BCUT2D eigenvalue weighted by molar-refractivity contribution is 6.32. The molecule has 4 nitrogen and oxygen atoms in total. The molecule has 1 aromatic heterocycles. The van der Waals surface area contributed by atoms with Crippen LogP contribution in [-0.4, -0.2) is 27.2 Å². The second kappa shape index (κ2) is 3.53. The summed E-state index contributed by atoms with van der Waals surface area (Å²) in [6.07, 6.45) is 1.87. The van der Waals surface area contributed by atoms with Crippen molar-refractivity contribution >= 4 is 29.0 Å². The first-order chi connectivity index (χ1) is 6.63. The summed E-state index contributed by atoms with van der Waals surface area (Å²) in [5.74, 6) is 0.557. The highest BCUT2D eigenvalue weighted by Gasteiger charge is 2.42. The van der Waals surface area contributed by atoms with Gasteiger partial charge >= 0.3 is 0 Å². The van der Waals surface area contributed by atoms with Gasteiger partial charge < -0.3 is 10.4 Å². The molecule has 0 aromatic carbocycles. The van der Waals surface area contributed by atoms with Gasteiger partial charge in [0.2, 0.25) is 5.28 Å². The second-order valence-electron chi connectivity index (χ2n) is 3.41. The van der Waals surface area contributed by atoms with E-state index in [-0.39, 0.29) is 17.4 Å². The molecule has 2 rings (SSSR count). The first-order valence-corrected chi connectivity index (χ1v) is 4.98. The Morgan fingerprint density at radius 2 is 2.14 bits per heavy atom. The first-order valence-electron chi connectivity index (χ1n) is 4.23. The van der Waals surface area contributed by atoms with Crippen molar-refractivity contribution in [1.82, 2.24) is 9.97 Å². The van der Waals surface area contributed by atoms with E-state index in [1.54, 1.807) is 6.07 Å². The van der Waals surface area contributed by atoms with Crippen LogP contribution in [0, 0.1) is 0 Å². The fraction of sp³-hybridized carbons (Fsp3) is 0.500. The van der Waals surface area contributed by atoms with Crippen LogP contribution in [-0.2, 0) is 0 Å². The van der Waals surface area contributed by atoms with Gasteiger partial charge in [-0.05, 0) is 24.4 Å². The van der Waals surface area contributed by atoms with Crippen LogP contribution < -0.4 is 5.32 Å². The van der Waals surface area contributed by atoms with Gasteiger partial charge in [-0.15, -0.1) is 0 Å². The Morgan fingerprint density at radius 3 is 2.64 bits per heavy atom. The maximum atomic E-state index is 9.08. The number of aliphatic hydroxyl groups excluding tert-OH is 1. The summed E-state index contributed by atoms with van der Waals surface area (Å²) in [7, 11) is 0. The molecule has 0 bridgehead atoms. The Hall–Kier alpha value is -0.580. The molecule has 0 unspecified atom stereocenters. The summed E-state index contributed by atoms with van der Waals surface area (Å²) in [6, 6.07) is 1.59. The Balaban J connectivity index is 2.16. The third-order valence-corrected chi connectivity index (χ3v) is 2.58. The average Bonchev–Trinajstić information content (AvgIpc) is 2.83. The fourth-order valence-corrected chi connectivity index (χ4v) is 1.61. The quantitative estimate of drug-likeness (QED) is 0.617. The minimum absolute atomic E-state index is 0.0895. The van der Waals surface area contributed by atoms with E-state index in [1.807, 2.05) is 0 Å². The molecule has 1 fully saturated rings. The molecule has 1 heterocycles. The van der Waals surface area contributed by atoms with E-state index in [0.717, 1.165) is 12.8 Å². The molecule has 0 spiro atoms. The number of anilines is 1. The van der Waals surface area contributed by atoms with E-state index in [0.29, 0.717) is 11.0 Å². The van der Waals surface area contributed by atoms with Crippen LogP contribution in [0.5, 0.6) is 0 Å². The van der Waals surface area contributed by atoms with Crippen molar-refractivity contribution in [3.63, 3.8) is 0 Å². The summed E-state index contributed by atoms with van der Waals surface area (Å²) < 4.78 is 0. The van der Waals surface area contributed by atoms with E-state index < -0.39 is 0 Å². The van der Waals surface area contributed by atoms with Crippen molar-refractivity contribution in [2.24, 2.45) is 0 Å². The van der Waals surface area contributed by atoms with E-state index in [1.165, 1.54) is 0 Å². The number of hydrogen-bond donors (Lipinski definition) is 2. The van der Waals surface area contributed by atoms with Gasteiger partial charge in [-0.25, -0.2) is 9.97 Å². The SMILES string of the molecule is OCC1(Nc2cc(Cl)nc(Cl)n2)CC1. The van der Waals surface area contributed by atoms with Crippen LogP contribution in [0.1, 0.15) is 12.8 Å². The van der Waals surface area contributed by atoms with E-state index in [2.05, 4.69) is 15.3 Å². The summed E-state index contributed by atoms with van der Waals surface area (Å²) in [6.45, 7) is 0.0895. The van der Waals surface area contributed by atoms with Gasteiger partial charge in [-0.1, -0.05) is 11.6 Å². The monoisotopic (exact) mass is 233 g/mol. The standard InChI is InChI=1S/C8H9Cl2N3O/c9-5-3-6(12-7(10)11-5)13-8(4-14)1-2-8/h3,14H,1-2,4H2,(H,11,12,13). The molecule has 0 aliphatic heterocycles. The Labute approximate surface area is 91.3 Å². The normalized spacial score (nSPS) is 17.9. The Kier molecular flexibility index (Phi) is 2.51. The molecular weight excluding hydrogens is 225 g/mol. The van der Waals surface area contributed by atoms with Gasteiger partial charge in [0.15, 0.2) is 0 Å². The van der Waals surface area contributed by atoms with Crippen LogP contribution in [0.2, 0.25) is 10.4 Å². The number of rotatable bonds is 3. The van der Waals surface area contributed by atoms with Crippen LogP contribution in [0.4, 0.5) is 5.82 Å². The third-order valence-electron chi connectivity index (χ3n) is 2.22. The summed E-state index contributed by atoms with van der Waals surface area (Å²) in [5.41, 5.74) is -0.221. The van der Waals surface area contributed by atoms with Crippen molar-refractivity contribution in [3.05, 3.63) is 16.5 Å². The highest BCUT2D eigenvalue weighted by Crippen LogP contribution is 2.38. The van der Waals surface area contributed by atoms with Crippen molar-refractivity contribution < 1.29 is 5.11 Å². The van der Waals surface area contributed by atoms with Crippen molar-refractivity contribution in [1.29, 1.82) is 0 Å². The van der Waals surface area contributed by atoms with Crippen molar-refractivity contribution in [2.45, 2.75) is 18.4 Å². The van der Waals surface area contributed by atoms with Gasteiger partial charge in [0, 0.05) is 6.07 Å². The molecule has 0 saturated heterocycles. The summed E-state index contributed by atoms with van der Waals surface area (Å²) in [5, 5.41) is 12.6. The fourth-order valence-electron chi connectivity index (χ4n) is 1.20. The largest absolute Gasteiger partial charge is 0.394 e. The minimum atomic E-state index is -0.221. The molecule has 0 radical (unpaired) electrons. The van der Waals surface area contributed by atoms with E-state index in [4.69, 9.17) is 28.3 Å². The Morgan fingerprint density at radius 1 is 1.43 bits per heavy atom. The van der Waals surface area contributed by atoms with Crippen molar-refractivity contribution in [3.8, 4) is 0 Å². The number of aromatic nitrogens is 2. The number of hydrogen-bond acceptors (Lipinski definition) is 4. The lowest BCUT2D eigenvalue weighted by atomic mass is 10.3. The molecule has 1 aliphatic carbocycles. The molecule has 6 heteroatoms. The van der Waals surface area contributed by atoms with E-state index in [9.17, 15) is 0 Å². The predicted octanol–water partition coefficient (Wildman–Crippen LogP) is 1.72. The zero-order chi connectivity index (χ0) is 10.2. The smallest absolute Gasteiger partial charge is 0.225 e. The first kappa shape index (κ1) is 9.96. The topological polar surface area (TPSA) is 58.0 Å². The third kappa shape index (κ3) is 2.08. The number of halogens is 2. The Bertz CT molecular complexity index is 334. The number of aliphatic hydroxyl groups is 1. The predicted molar refractivity (Wildman–Crippen MR) is 54.7 cm³/mol. The van der Waals surface area contributed by atoms with E-state index >= 15 is 0 Å². The minimum Gasteiger partial charge on any atom is -0.394 e. The molecule has 14 heavy (non-hydrogen) atoms. The van der Waals surface area contributed by atoms with Gasteiger partial charge in [0.25, 0.3) is 0 Å².